The molecule has 0 spiro atoms. The minimum atomic E-state index is -0.217. The van der Waals surface area contributed by atoms with Crippen LogP contribution in [0.25, 0.3) is 0 Å². The highest BCUT2D eigenvalue weighted by molar-refractivity contribution is 5.79. The van der Waals surface area contributed by atoms with Crippen LogP contribution in [-0.2, 0) is 0 Å². The molecule has 2 heteroatoms. The van der Waals surface area contributed by atoms with Gasteiger partial charge in [-0.2, -0.15) is 5.26 Å². The van der Waals surface area contributed by atoms with Gasteiger partial charge in [0.25, 0.3) is 0 Å². The summed E-state index contributed by atoms with van der Waals surface area (Å²) >= 11 is 0. The van der Waals surface area contributed by atoms with Gasteiger partial charge in [-0.05, 0) is 17.9 Å². The Morgan fingerprint density at radius 1 is 1.33 bits per heavy atom. The Morgan fingerprint density at radius 3 is 2.53 bits per heavy atom. The van der Waals surface area contributed by atoms with Crippen LogP contribution in [0.3, 0.4) is 0 Å². The van der Waals surface area contributed by atoms with E-state index in [1.54, 1.807) is 6.21 Å². The van der Waals surface area contributed by atoms with E-state index in [2.05, 4.69) is 24.9 Å². The summed E-state index contributed by atoms with van der Waals surface area (Å²) in [5.41, 5.74) is 1.04. The van der Waals surface area contributed by atoms with Crippen LogP contribution in [0.2, 0.25) is 0 Å². The van der Waals surface area contributed by atoms with Crippen LogP contribution in [0.1, 0.15) is 25.8 Å². The fourth-order valence-electron chi connectivity index (χ4n) is 1.31. The molecule has 1 rings (SSSR count). The van der Waals surface area contributed by atoms with E-state index < -0.39 is 0 Å². The van der Waals surface area contributed by atoms with Crippen molar-refractivity contribution in [2.75, 3.05) is 0 Å². The molecular weight excluding hydrogens is 184 g/mol. The average Bonchev–Trinajstić information content (AvgIpc) is 2.25. The van der Waals surface area contributed by atoms with Crippen LogP contribution in [0.15, 0.2) is 35.3 Å². The van der Waals surface area contributed by atoms with Gasteiger partial charge in [-0.1, -0.05) is 44.2 Å². The third kappa shape index (κ3) is 4.42. The summed E-state index contributed by atoms with van der Waals surface area (Å²) in [5, 5.41) is 8.89. The van der Waals surface area contributed by atoms with Gasteiger partial charge in [0, 0.05) is 6.21 Å². The van der Waals surface area contributed by atoms with E-state index in [1.165, 1.54) is 0 Å². The Hall–Kier alpha value is -1.62. The van der Waals surface area contributed by atoms with Gasteiger partial charge < -0.3 is 0 Å². The maximum atomic E-state index is 8.89. The lowest BCUT2D eigenvalue weighted by molar-refractivity contribution is 0.554. The van der Waals surface area contributed by atoms with Crippen LogP contribution in [0, 0.1) is 17.2 Å². The number of aliphatic imine (C=N–C) groups is 1. The predicted molar refractivity (Wildman–Crippen MR) is 62.9 cm³/mol. The first kappa shape index (κ1) is 11.5. The first-order chi connectivity index (χ1) is 7.22. The molecule has 0 heterocycles. The highest BCUT2D eigenvalue weighted by Crippen LogP contribution is 2.07. The molecule has 0 saturated heterocycles. The van der Waals surface area contributed by atoms with Crippen LogP contribution >= 0.6 is 0 Å². The summed E-state index contributed by atoms with van der Waals surface area (Å²) < 4.78 is 0. The van der Waals surface area contributed by atoms with E-state index in [-0.39, 0.29) is 6.04 Å². The van der Waals surface area contributed by atoms with E-state index in [4.69, 9.17) is 5.26 Å². The molecule has 78 valence electrons. The lowest BCUT2D eigenvalue weighted by Gasteiger charge is -2.05. The zero-order chi connectivity index (χ0) is 11.1. The van der Waals surface area contributed by atoms with Gasteiger partial charge in [0.2, 0.25) is 0 Å². The Morgan fingerprint density at radius 2 is 2.00 bits per heavy atom. The third-order valence-electron chi connectivity index (χ3n) is 2.05. The zero-order valence-electron chi connectivity index (χ0n) is 9.22. The summed E-state index contributed by atoms with van der Waals surface area (Å²) in [5.74, 6) is 0.502. The van der Waals surface area contributed by atoms with Gasteiger partial charge in [0.15, 0.2) is 0 Å². The minimum Gasteiger partial charge on any atom is -0.274 e. The molecule has 1 aromatic carbocycles. The SMILES string of the molecule is CC(C)C[C@@H](C#N)N=Cc1ccccc1. The number of nitrogens with zero attached hydrogens (tertiary/aromatic N) is 2. The van der Waals surface area contributed by atoms with Crippen LogP contribution in [0.5, 0.6) is 0 Å². The summed E-state index contributed by atoms with van der Waals surface area (Å²) in [4.78, 5) is 4.27. The normalized spacial score (nSPS) is 12.9. The number of rotatable bonds is 4. The Kier molecular flexibility index (Phi) is 4.56. The van der Waals surface area contributed by atoms with E-state index >= 15 is 0 Å². The maximum absolute atomic E-state index is 8.89. The summed E-state index contributed by atoms with van der Waals surface area (Å²) in [6.45, 7) is 4.20. The highest BCUT2D eigenvalue weighted by atomic mass is 14.8. The van der Waals surface area contributed by atoms with Crippen molar-refractivity contribution in [2.24, 2.45) is 10.9 Å². The van der Waals surface area contributed by atoms with Gasteiger partial charge >= 0.3 is 0 Å². The molecule has 0 N–H and O–H groups in total. The van der Waals surface area contributed by atoms with Crippen molar-refractivity contribution in [3.8, 4) is 6.07 Å². The topological polar surface area (TPSA) is 36.1 Å². The average molecular weight is 200 g/mol. The summed E-state index contributed by atoms with van der Waals surface area (Å²) in [6.07, 6.45) is 2.59. The van der Waals surface area contributed by atoms with Gasteiger partial charge in [-0.15, -0.1) is 0 Å². The van der Waals surface area contributed by atoms with Crippen LogP contribution < -0.4 is 0 Å². The smallest absolute Gasteiger partial charge is 0.136 e. The first-order valence-corrected chi connectivity index (χ1v) is 5.20. The fourth-order valence-corrected chi connectivity index (χ4v) is 1.31. The summed E-state index contributed by atoms with van der Waals surface area (Å²) in [7, 11) is 0. The van der Waals surface area contributed by atoms with Crippen LogP contribution in [0.4, 0.5) is 0 Å². The number of hydrogen-bond donors (Lipinski definition) is 0. The number of nitriles is 1. The molecule has 0 aliphatic heterocycles. The summed E-state index contributed by atoms with van der Waals surface area (Å²) in [6, 6.07) is 11.8. The molecule has 0 radical (unpaired) electrons. The van der Waals surface area contributed by atoms with Crippen molar-refractivity contribution < 1.29 is 0 Å². The molecule has 0 bridgehead atoms. The molecule has 0 amide bonds. The van der Waals surface area contributed by atoms with E-state index in [0.717, 1.165) is 12.0 Å². The zero-order valence-corrected chi connectivity index (χ0v) is 9.22. The second kappa shape index (κ2) is 5.98. The first-order valence-electron chi connectivity index (χ1n) is 5.20. The Bertz CT molecular complexity index is 347. The molecule has 0 aliphatic carbocycles. The molecule has 0 unspecified atom stereocenters. The van der Waals surface area contributed by atoms with Crippen molar-refractivity contribution in [1.82, 2.24) is 0 Å². The Balaban J connectivity index is 2.60. The number of benzene rings is 1. The second-order valence-corrected chi connectivity index (χ2v) is 3.96. The van der Waals surface area contributed by atoms with Crippen molar-refractivity contribution in [3.63, 3.8) is 0 Å². The maximum Gasteiger partial charge on any atom is 0.136 e. The minimum absolute atomic E-state index is 0.217. The lowest BCUT2D eigenvalue weighted by Crippen LogP contribution is -2.05. The quantitative estimate of drug-likeness (QED) is 0.688. The molecule has 15 heavy (non-hydrogen) atoms. The van der Waals surface area contributed by atoms with Gasteiger partial charge in [-0.3, -0.25) is 4.99 Å². The van der Waals surface area contributed by atoms with Crippen molar-refractivity contribution >= 4 is 6.21 Å². The van der Waals surface area contributed by atoms with Gasteiger partial charge in [-0.25, -0.2) is 0 Å². The van der Waals surface area contributed by atoms with Crippen molar-refractivity contribution in [1.29, 1.82) is 5.26 Å². The van der Waals surface area contributed by atoms with Crippen molar-refractivity contribution in [3.05, 3.63) is 35.9 Å². The third-order valence-corrected chi connectivity index (χ3v) is 2.05. The second-order valence-electron chi connectivity index (χ2n) is 3.96. The highest BCUT2D eigenvalue weighted by Gasteiger charge is 2.06. The molecule has 0 saturated carbocycles. The largest absolute Gasteiger partial charge is 0.274 e. The molecule has 0 fully saturated rings. The monoisotopic (exact) mass is 200 g/mol. The molecular formula is C13H16N2. The lowest BCUT2D eigenvalue weighted by atomic mass is 10.1. The molecule has 0 aliphatic rings. The van der Waals surface area contributed by atoms with Gasteiger partial charge in [0.05, 0.1) is 6.07 Å². The van der Waals surface area contributed by atoms with Gasteiger partial charge in [0.1, 0.15) is 6.04 Å². The van der Waals surface area contributed by atoms with Crippen molar-refractivity contribution in [2.45, 2.75) is 26.3 Å². The van der Waals surface area contributed by atoms with E-state index in [0.29, 0.717) is 5.92 Å². The molecule has 1 atom stereocenters. The predicted octanol–water partition coefficient (Wildman–Crippen LogP) is 3.04. The number of hydrogen-bond acceptors (Lipinski definition) is 2. The standard InChI is InChI=1S/C13H16N2/c1-11(2)8-13(9-14)15-10-12-6-4-3-5-7-12/h3-7,10-11,13H,8H2,1-2H3/t13-/m0/s1. The molecule has 1 aromatic rings. The fraction of sp³-hybridized carbons (Fsp3) is 0.385. The van der Waals surface area contributed by atoms with E-state index in [1.807, 2.05) is 30.3 Å². The van der Waals surface area contributed by atoms with E-state index in [9.17, 15) is 0 Å². The Labute approximate surface area is 91.3 Å². The molecule has 2 nitrogen and oxygen atoms in total. The molecule has 0 aromatic heterocycles. The van der Waals surface area contributed by atoms with Crippen LogP contribution in [-0.4, -0.2) is 12.3 Å².